The molecule has 1 amide bonds. The van der Waals surface area contributed by atoms with Crippen LogP contribution < -0.4 is 9.47 Å². The van der Waals surface area contributed by atoms with Gasteiger partial charge in [0.1, 0.15) is 11.5 Å². The predicted molar refractivity (Wildman–Crippen MR) is 131 cm³/mol. The maximum atomic E-state index is 13.3. The minimum atomic E-state index is 0.0281. The Kier molecular flexibility index (Phi) is 9.34. The fraction of sp³-hybridized carbons (Fsp3) is 0.444. The maximum Gasteiger partial charge on any atom is 0.253 e. The van der Waals surface area contributed by atoms with Gasteiger partial charge in [0.2, 0.25) is 0 Å². The van der Waals surface area contributed by atoms with Crippen LogP contribution in [0.1, 0.15) is 42.6 Å². The Labute approximate surface area is 197 Å². The normalized spacial score (nSPS) is 17.9. The first kappa shape index (κ1) is 24.8. The number of allylic oxidation sites excluding steroid dienone is 2. The summed E-state index contributed by atoms with van der Waals surface area (Å²) in [6.45, 7) is 7.31. The van der Waals surface area contributed by atoms with Crippen LogP contribution in [0.5, 0.6) is 11.5 Å². The smallest absolute Gasteiger partial charge is 0.253 e. The molecular weight excluding hydrogens is 416 g/mol. The third kappa shape index (κ3) is 7.07. The Morgan fingerprint density at radius 2 is 1.70 bits per heavy atom. The molecule has 0 bridgehead atoms. The van der Waals surface area contributed by atoms with Crippen LogP contribution >= 0.6 is 0 Å². The Morgan fingerprint density at radius 1 is 1.06 bits per heavy atom. The Balaban J connectivity index is 1.79. The van der Waals surface area contributed by atoms with E-state index in [1.807, 2.05) is 41.3 Å². The molecule has 1 aliphatic rings. The largest absolute Gasteiger partial charge is 0.497 e. The van der Waals surface area contributed by atoms with Crippen LogP contribution in [0.3, 0.4) is 0 Å². The minimum Gasteiger partial charge on any atom is -0.497 e. The molecule has 1 atom stereocenters. The molecule has 178 valence electrons. The molecule has 0 radical (unpaired) electrons. The van der Waals surface area contributed by atoms with Gasteiger partial charge in [-0.15, -0.1) is 0 Å². The van der Waals surface area contributed by atoms with E-state index in [2.05, 4.69) is 37.0 Å². The van der Waals surface area contributed by atoms with Crippen LogP contribution in [0.4, 0.5) is 0 Å². The van der Waals surface area contributed by atoms with Crippen LogP contribution in [0.25, 0.3) is 0 Å². The van der Waals surface area contributed by atoms with Crippen molar-refractivity contribution in [3.05, 3.63) is 71.3 Å². The second-order valence-corrected chi connectivity index (χ2v) is 8.44. The number of ether oxygens (including phenoxy) is 3. The molecule has 3 rings (SSSR count). The van der Waals surface area contributed by atoms with Crippen molar-refractivity contribution in [2.24, 2.45) is 0 Å². The number of carbonyl (C=O) groups excluding carboxylic acids is 1. The van der Waals surface area contributed by atoms with Crippen molar-refractivity contribution in [2.45, 2.75) is 39.3 Å². The van der Waals surface area contributed by atoms with Crippen LogP contribution in [0.2, 0.25) is 0 Å². The third-order valence-electron chi connectivity index (χ3n) is 6.24. The topological polar surface area (TPSA) is 51.2 Å². The van der Waals surface area contributed by atoms with E-state index in [-0.39, 0.29) is 11.9 Å². The highest BCUT2D eigenvalue weighted by Gasteiger charge is 2.27. The number of methoxy groups -OCH3 is 2. The summed E-state index contributed by atoms with van der Waals surface area (Å²) in [5.41, 5.74) is 3.22. The number of rotatable bonds is 8. The summed E-state index contributed by atoms with van der Waals surface area (Å²) < 4.78 is 16.5. The van der Waals surface area contributed by atoms with Gasteiger partial charge in [0.25, 0.3) is 5.91 Å². The zero-order chi connectivity index (χ0) is 23.6. The molecule has 0 spiro atoms. The van der Waals surface area contributed by atoms with Gasteiger partial charge in [0.15, 0.2) is 0 Å². The highest BCUT2D eigenvalue weighted by Crippen LogP contribution is 2.21. The Hall–Kier alpha value is -2.83. The standard InChI is InChI=1S/C27H36N2O4/c1-5-21(2)6-11-24-19-28(27(30)23-9-14-26(32-4)15-10-23)16-17-33-20-29(24)18-22-7-12-25(31-3)13-8-22/h5,7-10,12-15,24H,6,11,16-20H2,1-4H3/b21-5+/t24-/m0/s1. The second-order valence-electron chi connectivity index (χ2n) is 8.44. The van der Waals surface area contributed by atoms with Gasteiger partial charge in [-0.1, -0.05) is 23.8 Å². The van der Waals surface area contributed by atoms with E-state index in [9.17, 15) is 4.79 Å². The molecule has 6 heteroatoms. The van der Waals surface area contributed by atoms with E-state index < -0.39 is 0 Å². The van der Waals surface area contributed by atoms with Gasteiger partial charge < -0.3 is 19.1 Å². The molecule has 0 aliphatic carbocycles. The number of benzene rings is 2. The molecule has 6 nitrogen and oxygen atoms in total. The average molecular weight is 453 g/mol. The van der Waals surface area contributed by atoms with E-state index >= 15 is 0 Å². The van der Waals surface area contributed by atoms with Crippen molar-refractivity contribution in [1.29, 1.82) is 0 Å². The number of carbonyl (C=O) groups is 1. The molecule has 2 aromatic carbocycles. The first-order valence-corrected chi connectivity index (χ1v) is 11.5. The van der Waals surface area contributed by atoms with E-state index in [4.69, 9.17) is 14.2 Å². The van der Waals surface area contributed by atoms with E-state index in [1.54, 1.807) is 14.2 Å². The number of nitrogens with zero attached hydrogens (tertiary/aromatic N) is 2. The molecular formula is C27H36N2O4. The number of amides is 1. The molecule has 0 saturated carbocycles. The van der Waals surface area contributed by atoms with E-state index in [0.29, 0.717) is 32.0 Å². The Morgan fingerprint density at radius 3 is 2.30 bits per heavy atom. The van der Waals surface area contributed by atoms with Crippen molar-refractivity contribution in [3.63, 3.8) is 0 Å². The summed E-state index contributed by atoms with van der Waals surface area (Å²) in [5.74, 6) is 1.62. The van der Waals surface area contributed by atoms with Crippen molar-refractivity contribution >= 4 is 5.91 Å². The average Bonchev–Trinajstić information content (AvgIpc) is 2.85. The van der Waals surface area contributed by atoms with E-state index in [0.717, 1.165) is 30.9 Å². The van der Waals surface area contributed by atoms with Crippen molar-refractivity contribution < 1.29 is 19.0 Å². The van der Waals surface area contributed by atoms with Gasteiger partial charge in [0.05, 0.1) is 27.6 Å². The second kappa shape index (κ2) is 12.4. The summed E-state index contributed by atoms with van der Waals surface area (Å²) >= 11 is 0. The van der Waals surface area contributed by atoms with Crippen molar-refractivity contribution in [3.8, 4) is 11.5 Å². The van der Waals surface area contributed by atoms with Gasteiger partial charge in [0, 0.05) is 31.2 Å². The summed E-state index contributed by atoms with van der Waals surface area (Å²) in [6.07, 6.45) is 4.11. The molecule has 33 heavy (non-hydrogen) atoms. The third-order valence-corrected chi connectivity index (χ3v) is 6.24. The lowest BCUT2D eigenvalue weighted by Crippen LogP contribution is -2.50. The number of hydrogen-bond donors (Lipinski definition) is 0. The van der Waals surface area contributed by atoms with Gasteiger partial charge in [-0.2, -0.15) is 0 Å². The quantitative estimate of drug-likeness (QED) is 0.541. The Bertz CT molecular complexity index is 909. The lowest BCUT2D eigenvalue weighted by atomic mass is 10.0. The van der Waals surface area contributed by atoms with Crippen molar-refractivity contribution in [1.82, 2.24) is 9.80 Å². The van der Waals surface area contributed by atoms with Crippen LogP contribution in [-0.4, -0.2) is 62.4 Å². The summed E-state index contributed by atoms with van der Waals surface area (Å²) in [7, 11) is 3.30. The molecule has 1 heterocycles. The van der Waals surface area contributed by atoms with E-state index in [1.165, 1.54) is 11.1 Å². The molecule has 2 aromatic rings. The first-order valence-electron chi connectivity index (χ1n) is 11.5. The maximum absolute atomic E-state index is 13.3. The zero-order valence-corrected chi connectivity index (χ0v) is 20.3. The van der Waals surface area contributed by atoms with Crippen LogP contribution in [0, 0.1) is 0 Å². The summed E-state index contributed by atoms with van der Waals surface area (Å²) in [5, 5.41) is 0. The molecule has 1 fully saturated rings. The lowest BCUT2D eigenvalue weighted by molar-refractivity contribution is -0.0361. The molecule has 0 N–H and O–H groups in total. The van der Waals surface area contributed by atoms with Gasteiger partial charge in [-0.05, 0) is 68.7 Å². The summed E-state index contributed by atoms with van der Waals surface area (Å²) in [4.78, 5) is 17.6. The fourth-order valence-electron chi connectivity index (χ4n) is 3.98. The summed E-state index contributed by atoms with van der Waals surface area (Å²) in [6, 6.07) is 15.6. The molecule has 1 aliphatic heterocycles. The van der Waals surface area contributed by atoms with Crippen molar-refractivity contribution in [2.75, 3.05) is 40.6 Å². The zero-order valence-electron chi connectivity index (χ0n) is 20.3. The monoisotopic (exact) mass is 452 g/mol. The lowest BCUT2D eigenvalue weighted by Gasteiger charge is -2.38. The van der Waals surface area contributed by atoms with Crippen LogP contribution in [0.15, 0.2) is 60.2 Å². The number of hydrogen-bond acceptors (Lipinski definition) is 5. The van der Waals surface area contributed by atoms with Gasteiger partial charge in [-0.3, -0.25) is 9.69 Å². The van der Waals surface area contributed by atoms with Crippen LogP contribution in [-0.2, 0) is 11.3 Å². The van der Waals surface area contributed by atoms with Gasteiger partial charge in [-0.25, -0.2) is 0 Å². The minimum absolute atomic E-state index is 0.0281. The molecule has 0 unspecified atom stereocenters. The fourth-order valence-corrected chi connectivity index (χ4v) is 3.98. The van der Waals surface area contributed by atoms with Gasteiger partial charge >= 0.3 is 0 Å². The predicted octanol–water partition coefficient (Wildman–Crippen LogP) is 4.75. The highest BCUT2D eigenvalue weighted by atomic mass is 16.5. The molecule has 0 aromatic heterocycles. The molecule has 1 saturated heterocycles. The highest BCUT2D eigenvalue weighted by molar-refractivity contribution is 5.94. The first-order chi connectivity index (χ1) is 16.0. The SMILES string of the molecule is C/C=C(\C)CC[C@H]1CN(C(=O)c2ccc(OC)cc2)CCOCN1Cc1ccc(OC)cc1.